The number of unbranched alkanes of at least 4 members (excludes halogenated alkanes) is 1. The maximum Gasteiger partial charge on any atom is 0.0431 e. The summed E-state index contributed by atoms with van der Waals surface area (Å²) in [6.45, 7) is 6.52. The van der Waals surface area contributed by atoms with Crippen molar-refractivity contribution in [1.29, 1.82) is 0 Å². The van der Waals surface area contributed by atoms with Gasteiger partial charge in [0.2, 0.25) is 0 Å². The van der Waals surface area contributed by atoms with Crippen molar-refractivity contribution in [1.82, 2.24) is 0 Å². The van der Waals surface area contributed by atoms with Gasteiger partial charge in [0.25, 0.3) is 0 Å². The van der Waals surface area contributed by atoms with Crippen molar-refractivity contribution in [3.05, 3.63) is 208 Å². The van der Waals surface area contributed by atoms with Crippen molar-refractivity contribution in [2.24, 2.45) is 0 Å². The van der Waals surface area contributed by atoms with E-state index in [1.54, 1.807) is 0 Å². The van der Waals surface area contributed by atoms with Crippen LogP contribution in [-0.2, 0) is 32.1 Å². The Hall–Kier alpha value is -6.54. The van der Waals surface area contributed by atoms with Gasteiger partial charge < -0.3 is 5.11 Å². The van der Waals surface area contributed by atoms with E-state index in [1.165, 1.54) is 134 Å². The summed E-state index contributed by atoms with van der Waals surface area (Å²) >= 11 is 0. The topological polar surface area (TPSA) is 20.2 Å². The number of aryl methyl sites for hydroxylation is 1. The molecule has 0 saturated carbocycles. The second-order valence-electron chi connectivity index (χ2n) is 17.8. The molecule has 0 atom stereocenters. The molecule has 0 fully saturated rings. The number of hydrogen-bond donors (Lipinski definition) is 1. The van der Waals surface area contributed by atoms with Gasteiger partial charge >= 0.3 is 0 Å². The summed E-state index contributed by atoms with van der Waals surface area (Å²) in [5.74, 6) is 0. The average Bonchev–Trinajstić information content (AvgIpc) is 4.04. The first kappa shape index (κ1) is 35.4. The summed E-state index contributed by atoms with van der Waals surface area (Å²) in [6, 6.07) is 56.3. The molecule has 8 aromatic carbocycles. The number of rotatable bonds is 8. The number of benzene rings is 8. The molecule has 0 spiro atoms. The molecule has 60 heavy (non-hydrogen) atoms. The summed E-state index contributed by atoms with van der Waals surface area (Å²) in [4.78, 5) is 0. The molecule has 288 valence electrons. The minimum Gasteiger partial charge on any atom is -0.396 e. The first-order chi connectivity index (χ1) is 29.4. The molecule has 8 aromatic rings. The second kappa shape index (κ2) is 13.8. The van der Waals surface area contributed by atoms with E-state index >= 15 is 0 Å². The zero-order valence-corrected chi connectivity index (χ0v) is 34.2. The van der Waals surface area contributed by atoms with Gasteiger partial charge in [0.15, 0.2) is 0 Å². The van der Waals surface area contributed by atoms with Crippen molar-refractivity contribution >= 4 is 5.57 Å². The van der Waals surface area contributed by atoms with E-state index in [-0.39, 0.29) is 6.61 Å². The number of aliphatic hydroxyl groups excluding tert-OH is 1. The molecular weight excluding hydrogens is 725 g/mol. The Morgan fingerprint density at radius 1 is 0.383 bits per heavy atom. The minimum absolute atomic E-state index is 0.272. The summed E-state index contributed by atoms with van der Waals surface area (Å²) in [5, 5.41) is 9.21. The lowest BCUT2D eigenvalue weighted by atomic mass is 9.95. The quantitative estimate of drug-likeness (QED) is 0.153. The fraction of sp³-hybridized carbons (Fsp3) is 0.153. The molecular formula is C59H46O. The van der Waals surface area contributed by atoms with E-state index in [1.807, 2.05) is 0 Å². The van der Waals surface area contributed by atoms with Gasteiger partial charge in [-0.1, -0.05) is 158 Å². The molecule has 0 bridgehead atoms. The van der Waals surface area contributed by atoms with Crippen molar-refractivity contribution < 1.29 is 5.11 Å². The maximum absolute atomic E-state index is 9.21. The Kier molecular flexibility index (Phi) is 8.12. The molecule has 0 saturated heterocycles. The highest BCUT2D eigenvalue weighted by Gasteiger charge is 2.25. The summed E-state index contributed by atoms with van der Waals surface area (Å²) < 4.78 is 0. The molecule has 1 nitrogen and oxygen atoms in total. The third-order valence-corrected chi connectivity index (χ3v) is 14.0. The molecule has 4 aliphatic rings. The lowest BCUT2D eigenvalue weighted by molar-refractivity contribution is 0.284. The molecule has 1 N–H and O–H groups in total. The van der Waals surface area contributed by atoms with Crippen molar-refractivity contribution in [3.8, 4) is 77.9 Å². The van der Waals surface area contributed by atoms with Crippen LogP contribution in [0.25, 0.3) is 83.5 Å². The van der Waals surface area contributed by atoms with Gasteiger partial charge in [0, 0.05) is 6.61 Å². The highest BCUT2D eigenvalue weighted by atomic mass is 16.2. The lowest BCUT2D eigenvalue weighted by Gasteiger charge is -2.09. The molecule has 0 amide bonds. The van der Waals surface area contributed by atoms with E-state index in [0.29, 0.717) is 0 Å². The largest absolute Gasteiger partial charge is 0.396 e. The van der Waals surface area contributed by atoms with Crippen LogP contribution in [0.4, 0.5) is 0 Å². The molecule has 1 heteroatoms. The Bertz CT molecular complexity index is 3140. The van der Waals surface area contributed by atoms with Gasteiger partial charge in [-0.3, -0.25) is 0 Å². The van der Waals surface area contributed by atoms with Crippen LogP contribution in [0.1, 0.15) is 75.4 Å². The van der Waals surface area contributed by atoms with E-state index in [2.05, 4.69) is 159 Å². The highest BCUT2D eigenvalue weighted by Crippen LogP contribution is 2.46. The lowest BCUT2D eigenvalue weighted by Crippen LogP contribution is -1.90. The predicted octanol–water partition coefficient (Wildman–Crippen LogP) is 14.3. The highest BCUT2D eigenvalue weighted by molar-refractivity contribution is 5.88. The third-order valence-electron chi connectivity index (χ3n) is 14.0. The van der Waals surface area contributed by atoms with Crippen LogP contribution in [0.3, 0.4) is 0 Å². The van der Waals surface area contributed by atoms with Crippen LogP contribution in [0.15, 0.2) is 152 Å². The normalized spacial score (nSPS) is 13.2. The maximum atomic E-state index is 9.21. The third kappa shape index (κ3) is 5.79. The van der Waals surface area contributed by atoms with Crippen LogP contribution in [0.5, 0.6) is 0 Å². The number of allylic oxidation sites excluding steroid dienone is 1. The van der Waals surface area contributed by atoms with E-state index < -0.39 is 0 Å². The van der Waals surface area contributed by atoms with Crippen LogP contribution in [-0.4, -0.2) is 11.7 Å². The first-order valence-corrected chi connectivity index (χ1v) is 21.8. The van der Waals surface area contributed by atoms with Gasteiger partial charge in [-0.15, -0.1) is 0 Å². The number of hydrogen-bond acceptors (Lipinski definition) is 1. The average molecular weight is 771 g/mol. The molecule has 0 aliphatic heterocycles. The van der Waals surface area contributed by atoms with Crippen LogP contribution >= 0.6 is 0 Å². The minimum atomic E-state index is 0.272. The van der Waals surface area contributed by atoms with Crippen LogP contribution < -0.4 is 0 Å². The standard InChI is InChI=1S/C59H46O/c1-35(2)37-7-15-53-45(24-37)32-47-26-39(9-17-55(47)53)41-11-19-57-49(28-41)34-51-30-43(13-21-59(51)57)42-12-20-58-50(29-42)33-48-27-40(10-18-56(48)58)38-8-16-54-46(25-38)31-44-23-36(5-3-4-22-60)6-14-52(44)54/h6-21,23-30,60H,1,3-5,22,31-34H2,2H3. The SMILES string of the molecule is C=C(C)c1ccc2c(c1)Cc1cc(-c3ccc4c(c3)Cc3cc(-c5ccc6c(c5)Cc5cc(-c7ccc8c(c7)Cc7cc(CCCCO)ccc7-8)ccc5-6)ccc3-4)ccc1-2. The van der Waals surface area contributed by atoms with Gasteiger partial charge in [0.1, 0.15) is 0 Å². The Balaban J connectivity index is 0.759. The summed E-state index contributed by atoms with van der Waals surface area (Å²) in [6.07, 6.45) is 6.83. The monoisotopic (exact) mass is 770 g/mol. The molecule has 12 rings (SSSR count). The van der Waals surface area contributed by atoms with Crippen molar-refractivity contribution in [3.63, 3.8) is 0 Å². The van der Waals surface area contributed by atoms with Crippen molar-refractivity contribution in [2.45, 2.75) is 51.9 Å². The summed E-state index contributed by atoms with van der Waals surface area (Å²) in [5.41, 5.74) is 33.8. The first-order valence-electron chi connectivity index (χ1n) is 21.8. The predicted molar refractivity (Wildman–Crippen MR) is 250 cm³/mol. The van der Waals surface area contributed by atoms with Crippen molar-refractivity contribution in [2.75, 3.05) is 6.61 Å². The Morgan fingerprint density at radius 3 is 1.02 bits per heavy atom. The molecule has 0 unspecified atom stereocenters. The zero-order chi connectivity index (χ0) is 40.1. The molecule has 0 radical (unpaired) electrons. The molecule has 0 heterocycles. The zero-order valence-electron chi connectivity index (χ0n) is 34.2. The van der Waals surface area contributed by atoms with Gasteiger partial charge in [0.05, 0.1) is 0 Å². The number of aliphatic hydroxyl groups is 1. The van der Waals surface area contributed by atoms with Gasteiger partial charge in [-0.05, 0) is 185 Å². The summed E-state index contributed by atoms with van der Waals surface area (Å²) in [7, 11) is 0. The van der Waals surface area contributed by atoms with E-state index in [0.717, 1.165) is 50.5 Å². The van der Waals surface area contributed by atoms with Gasteiger partial charge in [-0.25, -0.2) is 0 Å². The van der Waals surface area contributed by atoms with Crippen LogP contribution in [0.2, 0.25) is 0 Å². The van der Waals surface area contributed by atoms with Crippen LogP contribution in [0, 0.1) is 0 Å². The van der Waals surface area contributed by atoms with Gasteiger partial charge in [-0.2, -0.15) is 0 Å². The van der Waals surface area contributed by atoms with E-state index in [4.69, 9.17) is 0 Å². The fourth-order valence-electron chi connectivity index (χ4n) is 10.8. The smallest absolute Gasteiger partial charge is 0.0431 e. The number of fused-ring (bicyclic) bond motifs is 12. The van der Waals surface area contributed by atoms with E-state index in [9.17, 15) is 5.11 Å². The second-order valence-corrected chi connectivity index (χ2v) is 17.8. The Morgan fingerprint density at radius 2 is 0.683 bits per heavy atom. The fourth-order valence-corrected chi connectivity index (χ4v) is 10.8. The molecule has 0 aromatic heterocycles. The molecule has 4 aliphatic carbocycles. The Labute approximate surface area is 353 Å².